The molecule has 0 saturated carbocycles. The number of nitrogens with zero attached hydrogens (tertiary/aromatic N) is 4. The van der Waals surface area contributed by atoms with Crippen LogP contribution < -0.4 is 10.4 Å². The molecule has 0 spiro atoms. The molecule has 3 aromatic rings. The molecule has 0 atom stereocenters. The second-order valence-electron chi connectivity index (χ2n) is 8.29. The standard InChI is InChI=1S/C22H25ClN4O3/c1-14(2)30-16-8-6-15(7-9-16)27-20(17-10-11-24-12-18(17)23)25-26(21(27)29)13-19(28)22(3,4)5/h6-12,14H,13H2,1-5H3. The average Bonchev–Trinajstić information content (AvgIpc) is 2.98. The van der Waals surface area contributed by atoms with E-state index < -0.39 is 11.1 Å². The van der Waals surface area contributed by atoms with Crippen molar-refractivity contribution in [2.45, 2.75) is 47.3 Å². The average molecular weight is 429 g/mol. The molecular formula is C22H25ClN4O3. The van der Waals surface area contributed by atoms with Crippen LogP contribution in [0.5, 0.6) is 5.75 Å². The fourth-order valence-electron chi connectivity index (χ4n) is 2.79. The lowest BCUT2D eigenvalue weighted by molar-refractivity contribution is -0.127. The first kappa shape index (κ1) is 21.8. The third-order valence-corrected chi connectivity index (χ3v) is 4.75. The minimum atomic E-state index is -0.590. The maximum Gasteiger partial charge on any atom is 0.351 e. The summed E-state index contributed by atoms with van der Waals surface area (Å²) in [6.07, 6.45) is 3.11. The monoisotopic (exact) mass is 428 g/mol. The van der Waals surface area contributed by atoms with Crippen LogP contribution in [0.4, 0.5) is 0 Å². The van der Waals surface area contributed by atoms with Crippen LogP contribution in [0.1, 0.15) is 34.6 Å². The number of ketones is 1. The van der Waals surface area contributed by atoms with Gasteiger partial charge in [-0.2, -0.15) is 0 Å². The van der Waals surface area contributed by atoms with E-state index >= 15 is 0 Å². The van der Waals surface area contributed by atoms with Gasteiger partial charge in [0.15, 0.2) is 11.6 Å². The molecule has 0 N–H and O–H groups in total. The van der Waals surface area contributed by atoms with Gasteiger partial charge in [0.1, 0.15) is 12.3 Å². The lowest BCUT2D eigenvalue weighted by atomic mass is 9.91. The van der Waals surface area contributed by atoms with E-state index in [-0.39, 0.29) is 18.4 Å². The van der Waals surface area contributed by atoms with Gasteiger partial charge >= 0.3 is 5.69 Å². The van der Waals surface area contributed by atoms with E-state index in [0.717, 1.165) is 0 Å². The quantitative estimate of drug-likeness (QED) is 0.589. The first-order valence-electron chi connectivity index (χ1n) is 9.68. The molecule has 8 heteroatoms. The Hall–Kier alpha value is -2.93. The fraction of sp³-hybridized carbons (Fsp3) is 0.364. The summed E-state index contributed by atoms with van der Waals surface area (Å²) in [5.41, 5.74) is 0.128. The number of Topliss-reactive ketones (excluding diaryl/α,β-unsaturated/α-hetero) is 1. The maximum absolute atomic E-state index is 13.2. The lowest BCUT2D eigenvalue weighted by Gasteiger charge is -2.15. The minimum absolute atomic E-state index is 0.0379. The molecular weight excluding hydrogens is 404 g/mol. The van der Waals surface area contributed by atoms with Crippen molar-refractivity contribution in [3.8, 4) is 22.8 Å². The van der Waals surface area contributed by atoms with Crippen molar-refractivity contribution in [2.24, 2.45) is 5.41 Å². The summed E-state index contributed by atoms with van der Waals surface area (Å²) >= 11 is 6.33. The number of aromatic nitrogens is 4. The number of benzene rings is 1. The van der Waals surface area contributed by atoms with E-state index in [1.807, 2.05) is 34.6 Å². The summed E-state index contributed by atoms with van der Waals surface area (Å²) in [6.45, 7) is 9.19. The van der Waals surface area contributed by atoms with Crippen molar-refractivity contribution < 1.29 is 9.53 Å². The summed E-state index contributed by atoms with van der Waals surface area (Å²) in [5, 5.41) is 4.80. The molecule has 2 aromatic heterocycles. The molecule has 3 rings (SSSR count). The molecule has 0 aliphatic carbocycles. The minimum Gasteiger partial charge on any atom is -0.491 e. The van der Waals surface area contributed by atoms with Gasteiger partial charge in [0.05, 0.1) is 16.8 Å². The SMILES string of the molecule is CC(C)Oc1ccc(-n2c(-c3ccncc3Cl)nn(CC(=O)C(C)(C)C)c2=O)cc1. The molecule has 0 aliphatic rings. The van der Waals surface area contributed by atoms with Crippen molar-refractivity contribution in [3.63, 3.8) is 0 Å². The number of carbonyl (C=O) groups is 1. The van der Waals surface area contributed by atoms with Gasteiger partial charge in [-0.15, -0.1) is 5.10 Å². The fourth-order valence-corrected chi connectivity index (χ4v) is 3.00. The highest BCUT2D eigenvalue weighted by molar-refractivity contribution is 6.33. The first-order chi connectivity index (χ1) is 14.1. The summed E-state index contributed by atoms with van der Waals surface area (Å²) in [4.78, 5) is 29.8. The second-order valence-corrected chi connectivity index (χ2v) is 8.70. The van der Waals surface area contributed by atoms with Gasteiger partial charge in [-0.05, 0) is 44.2 Å². The van der Waals surface area contributed by atoms with Crippen LogP contribution in [0.25, 0.3) is 17.1 Å². The highest BCUT2D eigenvalue weighted by atomic mass is 35.5. The van der Waals surface area contributed by atoms with Gasteiger partial charge in [0.2, 0.25) is 0 Å². The summed E-state index contributed by atoms with van der Waals surface area (Å²) in [7, 11) is 0. The van der Waals surface area contributed by atoms with Crippen LogP contribution in [0.3, 0.4) is 0 Å². The van der Waals surface area contributed by atoms with Crippen molar-refractivity contribution >= 4 is 17.4 Å². The Kier molecular flexibility index (Phi) is 6.12. The number of halogens is 1. The first-order valence-corrected chi connectivity index (χ1v) is 10.1. The third kappa shape index (κ3) is 4.62. The Morgan fingerprint density at radius 1 is 1.17 bits per heavy atom. The Bertz CT molecular complexity index is 1110. The largest absolute Gasteiger partial charge is 0.491 e. The molecule has 2 heterocycles. The second kappa shape index (κ2) is 8.44. The molecule has 0 aliphatic heterocycles. The Balaban J connectivity index is 2.14. The van der Waals surface area contributed by atoms with Crippen LogP contribution >= 0.6 is 11.6 Å². The summed E-state index contributed by atoms with van der Waals surface area (Å²) < 4.78 is 8.30. The highest BCUT2D eigenvalue weighted by Crippen LogP contribution is 2.27. The van der Waals surface area contributed by atoms with Crippen LogP contribution in [0, 0.1) is 5.41 Å². The van der Waals surface area contributed by atoms with Crippen LogP contribution in [-0.2, 0) is 11.3 Å². The predicted octanol–water partition coefficient (Wildman–Crippen LogP) is 4.15. The molecule has 0 amide bonds. The summed E-state index contributed by atoms with van der Waals surface area (Å²) in [6, 6.07) is 8.81. The van der Waals surface area contributed by atoms with Gasteiger partial charge in [-0.3, -0.25) is 9.78 Å². The van der Waals surface area contributed by atoms with Gasteiger partial charge in [-0.25, -0.2) is 14.0 Å². The lowest BCUT2D eigenvalue weighted by Crippen LogP contribution is -2.32. The van der Waals surface area contributed by atoms with Crippen molar-refractivity contribution in [3.05, 3.63) is 58.2 Å². The molecule has 0 bridgehead atoms. The zero-order valence-electron chi connectivity index (χ0n) is 17.7. The topological polar surface area (TPSA) is 79.0 Å². The molecule has 158 valence electrons. The van der Waals surface area contributed by atoms with E-state index in [1.165, 1.54) is 15.4 Å². The van der Waals surface area contributed by atoms with Crippen LogP contribution in [0.15, 0.2) is 47.5 Å². The van der Waals surface area contributed by atoms with E-state index in [9.17, 15) is 9.59 Å². The molecule has 30 heavy (non-hydrogen) atoms. The number of ether oxygens (including phenoxy) is 1. The Labute approximate surface area is 180 Å². The normalized spacial score (nSPS) is 11.7. The molecule has 0 unspecified atom stereocenters. The Morgan fingerprint density at radius 2 is 1.83 bits per heavy atom. The molecule has 0 fully saturated rings. The van der Waals surface area contributed by atoms with Gasteiger partial charge in [0.25, 0.3) is 0 Å². The third-order valence-electron chi connectivity index (χ3n) is 4.45. The molecule has 0 radical (unpaired) electrons. The van der Waals surface area contributed by atoms with Gasteiger partial charge < -0.3 is 4.74 Å². The summed E-state index contributed by atoms with van der Waals surface area (Å²) in [5.74, 6) is 0.939. The zero-order chi connectivity index (χ0) is 22.1. The number of carbonyl (C=O) groups excluding carboxylic acids is 1. The van der Waals surface area contributed by atoms with E-state index in [2.05, 4.69) is 10.1 Å². The number of hydrogen-bond acceptors (Lipinski definition) is 5. The van der Waals surface area contributed by atoms with E-state index in [1.54, 1.807) is 36.5 Å². The number of rotatable bonds is 6. The van der Waals surface area contributed by atoms with Gasteiger partial charge in [-0.1, -0.05) is 32.4 Å². The zero-order valence-corrected chi connectivity index (χ0v) is 18.5. The number of hydrogen-bond donors (Lipinski definition) is 0. The molecule has 0 saturated heterocycles. The van der Waals surface area contributed by atoms with Crippen LogP contribution in [0.2, 0.25) is 5.02 Å². The Morgan fingerprint density at radius 3 is 2.40 bits per heavy atom. The molecule has 1 aromatic carbocycles. The number of pyridine rings is 1. The van der Waals surface area contributed by atoms with Crippen molar-refractivity contribution in [1.82, 2.24) is 19.3 Å². The van der Waals surface area contributed by atoms with Gasteiger partial charge in [0, 0.05) is 23.4 Å². The van der Waals surface area contributed by atoms with E-state index in [0.29, 0.717) is 27.8 Å². The maximum atomic E-state index is 13.2. The predicted molar refractivity (Wildman–Crippen MR) is 116 cm³/mol. The van der Waals surface area contributed by atoms with E-state index in [4.69, 9.17) is 16.3 Å². The highest BCUT2D eigenvalue weighted by Gasteiger charge is 2.25. The van der Waals surface area contributed by atoms with Crippen molar-refractivity contribution in [1.29, 1.82) is 0 Å². The smallest absolute Gasteiger partial charge is 0.351 e. The molecule has 7 nitrogen and oxygen atoms in total. The van der Waals surface area contributed by atoms with Crippen LogP contribution in [-0.4, -0.2) is 31.2 Å². The van der Waals surface area contributed by atoms with Crippen molar-refractivity contribution in [2.75, 3.05) is 0 Å².